The Kier molecular flexibility index (Phi) is 6.52. The minimum atomic E-state index is -1.03. The summed E-state index contributed by atoms with van der Waals surface area (Å²) in [4.78, 5) is 77.6. The van der Waals surface area contributed by atoms with Crippen molar-refractivity contribution in [2.45, 2.75) is 19.3 Å². The van der Waals surface area contributed by atoms with Crippen molar-refractivity contribution in [2.75, 3.05) is 19.8 Å². The second-order valence-electron chi connectivity index (χ2n) is 5.01. The van der Waals surface area contributed by atoms with E-state index in [1.165, 1.54) is 0 Å². The fraction of sp³-hybridized carbons (Fsp3) is 0.429. The second-order valence-corrected chi connectivity index (χ2v) is 5.01. The number of imide groups is 4. The summed E-state index contributed by atoms with van der Waals surface area (Å²) in [6.45, 7) is -0.206. The van der Waals surface area contributed by atoms with Gasteiger partial charge < -0.3 is 9.57 Å². The van der Waals surface area contributed by atoms with Gasteiger partial charge >= 0.3 is 12.0 Å². The number of ether oxygens (including phenoxy) is 1. The molecule has 2 heterocycles. The van der Waals surface area contributed by atoms with E-state index < -0.39 is 35.6 Å². The first-order valence-electron chi connectivity index (χ1n) is 7.52. The number of nitrogens with one attached hydrogen (secondary N) is 1. The third-order valence-corrected chi connectivity index (χ3v) is 3.15. The fourth-order valence-electron chi connectivity index (χ4n) is 1.92. The Hall–Kier alpha value is -3.12. The van der Waals surface area contributed by atoms with Crippen LogP contribution in [0.15, 0.2) is 12.2 Å². The van der Waals surface area contributed by atoms with Gasteiger partial charge in [-0.15, -0.1) is 5.06 Å². The van der Waals surface area contributed by atoms with E-state index >= 15 is 0 Å². The smallest absolute Gasteiger partial charge is 0.355 e. The average molecular weight is 369 g/mol. The van der Waals surface area contributed by atoms with Gasteiger partial charge in [-0.1, -0.05) is 0 Å². The monoisotopic (exact) mass is 369 g/mol. The third-order valence-electron chi connectivity index (χ3n) is 3.15. The van der Waals surface area contributed by atoms with Crippen LogP contribution >= 0.6 is 0 Å². The minimum Gasteiger partial charge on any atom is -0.378 e. The molecule has 0 aromatic heterocycles. The number of amides is 6. The fourth-order valence-corrected chi connectivity index (χ4v) is 1.92. The van der Waals surface area contributed by atoms with E-state index in [-0.39, 0.29) is 39.1 Å². The molecule has 26 heavy (non-hydrogen) atoms. The van der Waals surface area contributed by atoms with Crippen molar-refractivity contribution in [2.24, 2.45) is 0 Å². The summed E-state index contributed by atoms with van der Waals surface area (Å²) in [7, 11) is 0. The van der Waals surface area contributed by atoms with E-state index in [4.69, 9.17) is 9.57 Å². The standard InChI is InChI=1S/C14H15N3O9/c18-9-1-2-10(19)16(9)14(23)15-25-8-7-24-6-5-13(22)26-17-11(20)3-4-12(17)21/h1-2H,3-8H2,(H,15,23). The molecular formula is C14H15N3O9. The van der Waals surface area contributed by atoms with Gasteiger partial charge in [0.1, 0.15) is 0 Å². The van der Waals surface area contributed by atoms with Crippen molar-refractivity contribution in [3.63, 3.8) is 0 Å². The Balaban J connectivity index is 1.52. The van der Waals surface area contributed by atoms with Crippen molar-refractivity contribution < 1.29 is 43.2 Å². The number of carbonyl (C=O) groups excluding carboxylic acids is 6. The van der Waals surface area contributed by atoms with Gasteiger partial charge in [0.25, 0.3) is 23.6 Å². The molecule has 0 aromatic carbocycles. The summed E-state index contributed by atoms with van der Waals surface area (Å²) in [6, 6.07) is -1.03. The number of urea groups is 1. The van der Waals surface area contributed by atoms with Crippen molar-refractivity contribution in [1.82, 2.24) is 15.4 Å². The van der Waals surface area contributed by atoms with Crippen LogP contribution in [0.2, 0.25) is 0 Å². The highest BCUT2D eigenvalue weighted by Gasteiger charge is 2.32. The van der Waals surface area contributed by atoms with Crippen molar-refractivity contribution in [1.29, 1.82) is 0 Å². The number of hydrogen-bond acceptors (Lipinski definition) is 9. The first-order chi connectivity index (χ1) is 12.4. The van der Waals surface area contributed by atoms with Crippen LogP contribution in [0.3, 0.4) is 0 Å². The van der Waals surface area contributed by atoms with E-state index in [9.17, 15) is 28.8 Å². The first kappa shape index (κ1) is 19.2. The molecule has 12 nitrogen and oxygen atoms in total. The van der Waals surface area contributed by atoms with Crippen LogP contribution in [0.4, 0.5) is 4.79 Å². The summed E-state index contributed by atoms with van der Waals surface area (Å²) in [5, 5.41) is 0.441. The maximum atomic E-state index is 11.5. The van der Waals surface area contributed by atoms with Crippen molar-refractivity contribution in [3.8, 4) is 0 Å². The maximum absolute atomic E-state index is 11.5. The lowest BCUT2D eigenvalue weighted by atomic mass is 10.4. The van der Waals surface area contributed by atoms with Crippen molar-refractivity contribution >= 4 is 35.6 Å². The molecular weight excluding hydrogens is 354 g/mol. The number of carbonyl (C=O) groups is 6. The van der Waals surface area contributed by atoms with Crippen LogP contribution in [0, 0.1) is 0 Å². The van der Waals surface area contributed by atoms with Crippen LogP contribution < -0.4 is 5.48 Å². The highest BCUT2D eigenvalue weighted by Crippen LogP contribution is 2.12. The van der Waals surface area contributed by atoms with E-state index in [0.29, 0.717) is 9.96 Å². The summed E-state index contributed by atoms with van der Waals surface area (Å²) in [5.74, 6) is -3.50. The molecule has 0 radical (unpaired) electrons. The Morgan fingerprint density at radius 1 is 0.962 bits per heavy atom. The van der Waals surface area contributed by atoms with E-state index in [1.807, 2.05) is 5.48 Å². The lowest BCUT2D eigenvalue weighted by Gasteiger charge is -2.13. The van der Waals surface area contributed by atoms with Crippen LogP contribution in [-0.4, -0.2) is 65.4 Å². The van der Waals surface area contributed by atoms with E-state index in [1.54, 1.807) is 0 Å². The number of hydroxylamine groups is 3. The largest absolute Gasteiger partial charge is 0.378 e. The molecule has 1 N–H and O–H groups in total. The first-order valence-corrected chi connectivity index (χ1v) is 7.52. The molecule has 0 saturated carbocycles. The number of rotatable bonds is 8. The highest BCUT2D eigenvalue weighted by molar-refractivity contribution is 6.22. The quantitative estimate of drug-likeness (QED) is 0.308. The van der Waals surface area contributed by atoms with Gasteiger partial charge in [-0.05, 0) is 0 Å². The zero-order chi connectivity index (χ0) is 19.1. The molecule has 1 saturated heterocycles. The Labute approximate surface area is 146 Å². The molecule has 2 aliphatic rings. The van der Waals surface area contributed by atoms with Gasteiger partial charge in [-0.3, -0.25) is 24.0 Å². The second kappa shape index (κ2) is 8.82. The predicted octanol–water partition coefficient (Wildman–Crippen LogP) is -1.43. The normalized spacial score (nSPS) is 16.6. The maximum Gasteiger partial charge on any atom is 0.355 e. The Morgan fingerprint density at radius 2 is 1.58 bits per heavy atom. The lowest BCUT2D eigenvalue weighted by Crippen LogP contribution is -2.43. The lowest BCUT2D eigenvalue weighted by molar-refractivity contribution is -0.198. The molecule has 140 valence electrons. The summed E-state index contributed by atoms with van der Waals surface area (Å²) in [5.41, 5.74) is 1.90. The zero-order valence-electron chi connectivity index (χ0n) is 13.5. The van der Waals surface area contributed by atoms with Crippen molar-refractivity contribution in [3.05, 3.63) is 12.2 Å². The SMILES string of the molecule is O=C(CCOCCONC(=O)N1C(=O)C=CC1=O)ON1C(=O)CCC1=O. The molecule has 0 atom stereocenters. The van der Waals surface area contributed by atoms with Gasteiger partial charge in [0, 0.05) is 25.0 Å². The van der Waals surface area contributed by atoms with Gasteiger partial charge in [0.05, 0.1) is 26.2 Å². The average Bonchev–Trinajstić information content (AvgIpc) is 3.09. The van der Waals surface area contributed by atoms with Crippen LogP contribution in [0.5, 0.6) is 0 Å². The molecule has 0 bridgehead atoms. The van der Waals surface area contributed by atoms with Gasteiger partial charge in [0.2, 0.25) is 0 Å². The van der Waals surface area contributed by atoms with E-state index in [2.05, 4.69) is 4.84 Å². The van der Waals surface area contributed by atoms with Gasteiger partial charge in [-0.25, -0.2) is 15.1 Å². The minimum absolute atomic E-state index is 0.0103. The molecule has 1 fully saturated rings. The van der Waals surface area contributed by atoms with Crippen LogP contribution in [-0.2, 0) is 38.4 Å². The van der Waals surface area contributed by atoms with Crippen LogP contribution in [0.25, 0.3) is 0 Å². The third kappa shape index (κ3) is 4.94. The summed E-state index contributed by atoms with van der Waals surface area (Å²) in [6.07, 6.45) is 1.72. The highest BCUT2D eigenvalue weighted by atomic mass is 16.7. The van der Waals surface area contributed by atoms with Gasteiger partial charge in [0.15, 0.2) is 0 Å². The predicted molar refractivity (Wildman–Crippen MR) is 78.1 cm³/mol. The molecule has 6 amide bonds. The molecule has 12 heteroatoms. The Bertz CT molecular complexity index is 639. The summed E-state index contributed by atoms with van der Waals surface area (Å²) < 4.78 is 5.05. The van der Waals surface area contributed by atoms with Crippen LogP contribution in [0.1, 0.15) is 19.3 Å². The number of hydrogen-bond donors (Lipinski definition) is 1. The zero-order valence-corrected chi connectivity index (χ0v) is 13.5. The molecule has 2 rings (SSSR count). The molecule has 0 unspecified atom stereocenters. The van der Waals surface area contributed by atoms with Gasteiger partial charge in [-0.2, -0.15) is 4.90 Å². The molecule has 0 spiro atoms. The van der Waals surface area contributed by atoms with E-state index in [0.717, 1.165) is 12.2 Å². The molecule has 2 aliphatic heterocycles. The Morgan fingerprint density at radius 3 is 2.19 bits per heavy atom. The summed E-state index contributed by atoms with van der Waals surface area (Å²) >= 11 is 0. The topological polar surface area (TPSA) is 149 Å². The molecule has 0 aliphatic carbocycles. The molecule has 0 aromatic rings. The number of nitrogens with zero attached hydrogens (tertiary/aromatic N) is 2.